The van der Waals surface area contributed by atoms with Gasteiger partial charge < -0.3 is 5.32 Å². The number of carbonyl (C=O) groups excluding carboxylic acids is 1. The Balaban J connectivity index is 1.27. The summed E-state index contributed by atoms with van der Waals surface area (Å²) in [6.07, 6.45) is 7.68. The van der Waals surface area contributed by atoms with Crippen LogP contribution in [0.3, 0.4) is 0 Å². The lowest BCUT2D eigenvalue weighted by atomic mass is 9.58. The van der Waals surface area contributed by atoms with Crippen molar-refractivity contribution in [1.82, 2.24) is 5.32 Å². The molecule has 6 atom stereocenters. The summed E-state index contributed by atoms with van der Waals surface area (Å²) in [7, 11) is 0. The van der Waals surface area contributed by atoms with Crippen molar-refractivity contribution in [3.8, 4) is 0 Å². The number of nitrogens with one attached hydrogen (secondary N) is 1. The number of hydrogen-bond acceptors (Lipinski definition) is 2. The molecule has 7 rings (SSSR count). The van der Waals surface area contributed by atoms with Crippen LogP contribution < -0.4 is 5.32 Å². The first-order valence-corrected chi connectivity index (χ1v) is 15.6. The molecule has 0 aromatic heterocycles. The van der Waals surface area contributed by atoms with E-state index in [4.69, 9.17) is 0 Å². The summed E-state index contributed by atoms with van der Waals surface area (Å²) in [5.41, 5.74) is 5.27. The molecule has 0 amide bonds. The molecule has 1 saturated heterocycles. The van der Waals surface area contributed by atoms with E-state index in [1.807, 2.05) is 0 Å². The van der Waals surface area contributed by atoms with Gasteiger partial charge in [0, 0.05) is 23.9 Å². The average molecular weight is 540 g/mol. The smallest absolute Gasteiger partial charge is 0.136 e. The zero-order chi connectivity index (χ0) is 27.7. The van der Waals surface area contributed by atoms with Crippen molar-refractivity contribution in [1.29, 1.82) is 0 Å². The van der Waals surface area contributed by atoms with Crippen LogP contribution in [0.15, 0.2) is 121 Å². The maximum atomic E-state index is 13.9. The summed E-state index contributed by atoms with van der Waals surface area (Å²) in [6, 6.07) is 44.2. The van der Waals surface area contributed by atoms with Gasteiger partial charge in [-0.1, -0.05) is 121 Å². The molecular formula is C39H41NO. The average Bonchev–Trinajstić information content (AvgIpc) is 3.02. The molecule has 41 heavy (non-hydrogen) atoms. The van der Waals surface area contributed by atoms with Crippen molar-refractivity contribution in [2.45, 2.75) is 86.1 Å². The molecule has 0 radical (unpaired) electrons. The van der Waals surface area contributed by atoms with Crippen LogP contribution in [-0.4, -0.2) is 16.9 Å². The van der Waals surface area contributed by atoms with Crippen molar-refractivity contribution in [2.24, 2.45) is 0 Å². The fourth-order valence-electron chi connectivity index (χ4n) is 8.95. The fraction of sp³-hybridized carbons (Fsp3) is 0.359. The topological polar surface area (TPSA) is 29.1 Å². The second kappa shape index (κ2) is 11.1. The third-order valence-electron chi connectivity index (χ3n) is 10.4. The van der Waals surface area contributed by atoms with E-state index in [-0.39, 0.29) is 11.1 Å². The quantitative estimate of drug-likeness (QED) is 0.280. The molecule has 1 heterocycles. The second-order valence-corrected chi connectivity index (χ2v) is 13.3. The van der Waals surface area contributed by atoms with Crippen molar-refractivity contribution in [2.75, 3.05) is 0 Å². The van der Waals surface area contributed by atoms with E-state index in [0.717, 1.165) is 38.5 Å². The van der Waals surface area contributed by atoms with Crippen molar-refractivity contribution < 1.29 is 4.79 Å². The molecule has 2 spiro atoms. The predicted octanol–water partition coefficient (Wildman–Crippen LogP) is 8.92. The molecule has 208 valence electrons. The molecule has 2 saturated carbocycles. The summed E-state index contributed by atoms with van der Waals surface area (Å²) < 4.78 is 0. The Bertz CT molecular complexity index is 1240. The van der Waals surface area contributed by atoms with Crippen LogP contribution in [0.1, 0.15) is 97.3 Å². The van der Waals surface area contributed by atoms with Gasteiger partial charge in [-0.2, -0.15) is 0 Å². The largest absolute Gasteiger partial charge is 0.305 e. The Hall–Kier alpha value is -3.49. The highest BCUT2D eigenvalue weighted by Crippen LogP contribution is 2.54. The SMILES string of the molecule is O=C1CC2(CC(c3ccccc3)C[C@@H](c3ccccc3)C2)NC2(C1)C[C@H](c1ccccc1)C[C@H](c1ccccc1)C2. The van der Waals surface area contributed by atoms with Crippen LogP contribution in [0.4, 0.5) is 0 Å². The van der Waals surface area contributed by atoms with Gasteiger partial charge in [-0.15, -0.1) is 0 Å². The lowest BCUT2D eigenvalue weighted by molar-refractivity contribution is -0.127. The number of benzene rings is 4. The van der Waals surface area contributed by atoms with Gasteiger partial charge in [-0.25, -0.2) is 0 Å². The monoisotopic (exact) mass is 539 g/mol. The highest BCUT2D eigenvalue weighted by molar-refractivity contribution is 5.82. The minimum absolute atomic E-state index is 0.186. The number of Topliss-reactive ketones (excluding diaryl/α,β-unsaturated/α-hetero) is 1. The van der Waals surface area contributed by atoms with Gasteiger partial charge >= 0.3 is 0 Å². The lowest BCUT2D eigenvalue weighted by Crippen LogP contribution is -2.66. The van der Waals surface area contributed by atoms with Crippen molar-refractivity contribution in [3.63, 3.8) is 0 Å². The minimum Gasteiger partial charge on any atom is -0.305 e. The highest BCUT2D eigenvalue weighted by Gasteiger charge is 2.53. The predicted molar refractivity (Wildman–Crippen MR) is 167 cm³/mol. The number of piperidine rings is 1. The van der Waals surface area contributed by atoms with E-state index < -0.39 is 0 Å². The summed E-state index contributed by atoms with van der Waals surface area (Å²) in [6.45, 7) is 0. The molecule has 4 aromatic rings. The Kier molecular flexibility index (Phi) is 7.13. The molecule has 3 unspecified atom stereocenters. The first-order chi connectivity index (χ1) is 20.1. The number of rotatable bonds is 4. The van der Waals surface area contributed by atoms with Crippen LogP contribution in [0, 0.1) is 0 Å². The third-order valence-corrected chi connectivity index (χ3v) is 10.4. The van der Waals surface area contributed by atoms with Gasteiger partial charge in [0.2, 0.25) is 0 Å². The number of hydrogen-bond donors (Lipinski definition) is 1. The molecule has 1 N–H and O–H groups in total. The van der Waals surface area contributed by atoms with Gasteiger partial charge in [0.05, 0.1) is 0 Å². The zero-order valence-electron chi connectivity index (χ0n) is 23.9. The molecule has 0 bridgehead atoms. The Labute approximate surface area is 245 Å². The first kappa shape index (κ1) is 26.4. The third kappa shape index (κ3) is 5.55. The molecule has 2 nitrogen and oxygen atoms in total. The normalized spacial score (nSPS) is 31.8. The van der Waals surface area contributed by atoms with Crippen LogP contribution >= 0.6 is 0 Å². The minimum atomic E-state index is -0.186. The van der Waals surface area contributed by atoms with Gasteiger partial charge in [-0.3, -0.25) is 4.79 Å². The number of ketones is 1. The van der Waals surface area contributed by atoms with Crippen LogP contribution in [0.5, 0.6) is 0 Å². The highest BCUT2D eigenvalue weighted by atomic mass is 16.1. The zero-order valence-corrected chi connectivity index (χ0v) is 23.9. The molecule has 1 aliphatic heterocycles. The molecule has 4 aromatic carbocycles. The first-order valence-electron chi connectivity index (χ1n) is 15.6. The van der Waals surface area contributed by atoms with Gasteiger partial charge in [0.1, 0.15) is 5.78 Å². The van der Waals surface area contributed by atoms with Gasteiger partial charge in [0.15, 0.2) is 0 Å². The second-order valence-electron chi connectivity index (χ2n) is 13.3. The molecule has 2 heteroatoms. The van der Waals surface area contributed by atoms with Crippen LogP contribution in [0.2, 0.25) is 0 Å². The molecular weight excluding hydrogens is 498 g/mol. The van der Waals surface area contributed by atoms with E-state index in [1.54, 1.807) is 0 Å². The van der Waals surface area contributed by atoms with Gasteiger partial charge in [0.25, 0.3) is 0 Å². The fourth-order valence-corrected chi connectivity index (χ4v) is 8.95. The van der Waals surface area contributed by atoms with Gasteiger partial charge in [-0.05, 0) is 84.5 Å². The van der Waals surface area contributed by atoms with E-state index in [0.29, 0.717) is 42.3 Å². The maximum Gasteiger partial charge on any atom is 0.136 e. The Morgan fingerprint density at radius 1 is 0.439 bits per heavy atom. The maximum absolute atomic E-state index is 13.9. The van der Waals surface area contributed by atoms with Crippen LogP contribution in [0.25, 0.3) is 0 Å². The molecule has 2 aliphatic carbocycles. The van der Waals surface area contributed by atoms with E-state index >= 15 is 0 Å². The Morgan fingerprint density at radius 3 is 0.976 bits per heavy atom. The van der Waals surface area contributed by atoms with E-state index in [1.165, 1.54) is 22.3 Å². The number of carbonyl (C=O) groups is 1. The lowest BCUT2D eigenvalue weighted by Gasteiger charge is -2.57. The summed E-state index contributed by atoms with van der Waals surface area (Å²) in [4.78, 5) is 13.9. The van der Waals surface area contributed by atoms with Crippen molar-refractivity contribution >= 4 is 5.78 Å². The summed E-state index contributed by atoms with van der Waals surface area (Å²) >= 11 is 0. The summed E-state index contributed by atoms with van der Waals surface area (Å²) in [5, 5.41) is 4.39. The Morgan fingerprint density at radius 2 is 0.707 bits per heavy atom. The molecule has 3 fully saturated rings. The van der Waals surface area contributed by atoms with Crippen molar-refractivity contribution in [3.05, 3.63) is 144 Å². The van der Waals surface area contributed by atoms with Crippen LogP contribution in [-0.2, 0) is 4.79 Å². The van der Waals surface area contributed by atoms with E-state index in [2.05, 4.69) is 127 Å². The summed E-state index contributed by atoms with van der Waals surface area (Å²) in [5.74, 6) is 2.19. The molecule has 3 aliphatic rings. The standard InChI is InChI=1S/C39H41NO/c41-37-27-38(23-33(29-13-5-1-6-14-29)21-34(24-38)30-15-7-2-8-16-30)40-39(28-37)25-35(31-17-9-3-10-18-31)22-36(26-39)32-19-11-4-12-20-32/h1-20,33-36,40H,21-28H2/t33-,34+,35-,36?,38?,39?/m1/s1. The van der Waals surface area contributed by atoms with E-state index in [9.17, 15) is 4.79 Å².